The summed E-state index contributed by atoms with van der Waals surface area (Å²) in [6.45, 7) is 4.44. The van der Waals surface area contributed by atoms with Gasteiger partial charge in [0.15, 0.2) is 5.82 Å². The van der Waals surface area contributed by atoms with Crippen molar-refractivity contribution >= 4 is 34.4 Å². The number of aliphatic hydroxyl groups excluding tert-OH is 1. The lowest BCUT2D eigenvalue weighted by atomic mass is 10.1. The van der Waals surface area contributed by atoms with E-state index in [2.05, 4.69) is 32.5 Å². The molecular weight excluding hydrogens is 418 g/mol. The lowest BCUT2D eigenvalue weighted by molar-refractivity contribution is 0.268. The number of anilines is 2. The van der Waals surface area contributed by atoms with Crippen molar-refractivity contribution < 1.29 is 14.6 Å². The summed E-state index contributed by atoms with van der Waals surface area (Å²) < 4.78 is 10.7. The number of aromatic nitrogens is 3. The minimum atomic E-state index is -0.140. The fourth-order valence-electron chi connectivity index (χ4n) is 3.32. The standard InChI is InChI=1S/C22H28ClN5O3/c1-5-6-15(12-29)25-21-20-19(13(2)9-18(23)26-20)27-22(28-21)24-11-14-7-8-16(30-3)10-17(14)31-4/h7-10,15,29H,5-6,11-12H2,1-4H3,(H2,24,25,27,28)/t15-/m0/s1. The number of benzene rings is 1. The summed E-state index contributed by atoms with van der Waals surface area (Å²) in [5.74, 6) is 2.40. The third kappa shape index (κ3) is 5.45. The van der Waals surface area contributed by atoms with Gasteiger partial charge in [0, 0.05) is 18.2 Å². The molecule has 3 rings (SSSR count). The van der Waals surface area contributed by atoms with Crippen molar-refractivity contribution in [2.75, 3.05) is 31.5 Å². The molecule has 2 aromatic heterocycles. The summed E-state index contributed by atoms with van der Waals surface area (Å²) >= 11 is 6.18. The van der Waals surface area contributed by atoms with Gasteiger partial charge in [0.1, 0.15) is 22.2 Å². The number of pyridine rings is 1. The van der Waals surface area contributed by atoms with E-state index in [1.807, 2.05) is 25.1 Å². The van der Waals surface area contributed by atoms with Gasteiger partial charge in [-0.15, -0.1) is 0 Å². The van der Waals surface area contributed by atoms with Crippen molar-refractivity contribution in [2.24, 2.45) is 0 Å². The molecule has 0 bridgehead atoms. The monoisotopic (exact) mass is 445 g/mol. The van der Waals surface area contributed by atoms with Crippen LogP contribution in [0.5, 0.6) is 11.5 Å². The molecule has 0 unspecified atom stereocenters. The molecule has 1 atom stereocenters. The molecule has 3 N–H and O–H groups in total. The number of fused-ring (bicyclic) bond motifs is 1. The summed E-state index contributed by atoms with van der Waals surface area (Å²) in [6.07, 6.45) is 1.73. The molecule has 1 aromatic carbocycles. The normalized spacial score (nSPS) is 11.9. The zero-order valence-electron chi connectivity index (χ0n) is 18.2. The molecule has 0 aliphatic heterocycles. The van der Waals surface area contributed by atoms with Gasteiger partial charge in [-0.05, 0) is 37.1 Å². The maximum absolute atomic E-state index is 9.73. The van der Waals surface area contributed by atoms with Crippen molar-refractivity contribution in [3.05, 3.63) is 40.5 Å². The number of rotatable bonds is 10. The fraction of sp³-hybridized carbons (Fsp3) is 0.409. The van der Waals surface area contributed by atoms with E-state index in [-0.39, 0.29) is 12.6 Å². The molecule has 0 spiro atoms. The predicted octanol–water partition coefficient (Wildman–Crippen LogP) is 4.19. The molecule has 0 saturated heterocycles. The molecule has 0 saturated carbocycles. The second kappa shape index (κ2) is 10.5. The van der Waals surface area contributed by atoms with Crippen LogP contribution in [0.4, 0.5) is 11.8 Å². The molecule has 31 heavy (non-hydrogen) atoms. The lowest BCUT2D eigenvalue weighted by Crippen LogP contribution is -2.24. The summed E-state index contributed by atoms with van der Waals surface area (Å²) in [5, 5.41) is 16.7. The number of hydrogen-bond acceptors (Lipinski definition) is 8. The second-order valence-electron chi connectivity index (χ2n) is 7.20. The van der Waals surface area contributed by atoms with Crippen molar-refractivity contribution in [2.45, 2.75) is 39.3 Å². The van der Waals surface area contributed by atoms with E-state index in [4.69, 9.17) is 21.1 Å². The number of hydrogen-bond donors (Lipinski definition) is 3. The summed E-state index contributed by atoms with van der Waals surface area (Å²) in [4.78, 5) is 13.7. The minimum absolute atomic E-state index is 0.00923. The third-order valence-corrected chi connectivity index (χ3v) is 5.13. The van der Waals surface area contributed by atoms with Crippen LogP contribution in [-0.4, -0.2) is 46.9 Å². The van der Waals surface area contributed by atoms with Gasteiger partial charge < -0.3 is 25.2 Å². The highest BCUT2D eigenvalue weighted by Crippen LogP contribution is 2.28. The molecule has 2 heterocycles. The van der Waals surface area contributed by atoms with Crippen LogP contribution in [0.25, 0.3) is 11.0 Å². The van der Waals surface area contributed by atoms with E-state index >= 15 is 0 Å². The number of nitrogens with zero attached hydrogens (tertiary/aromatic N) is 3. The minimum Gasteiger partial charge on any atom is -0.497 e. The van der Waals surface area contributed by atoms with Crippen LogP contribution >= 0.6 is 11.6 Å². The van der Waals surface area contributed by atoms with Crippen LogP contribution in [0.1, 0.15) is 30.9 Å². The first-order valence-corrected chi connectivity index (χ1v) is 10.5. The van der Waals surface area contributed by atoms with Crippen LogP contribution in [0, 0.1) is 6.92 Å². The molecular formula is C22H28ClN5O3. The van der Waals surface area contributed by atoms with Crippen molar-refractivity contribution in [1.82, 2.24) is 15.0 Å². The zero-order chi connectivity index (χ0) is 22.4. The predicted molar refractivity (Wildman–Crippen MR) is 123 cm³/mol. The zero-order valence-corrected chi connectivity index (χ0v) is 19.0. The highest BCUT2D eigenvalue weighted by Gasteiger charge is 2.16. The Morgan fingerprint density at radius 3 is 2.58 bits per heavy atom. The largest absolute Gasteiger partial charge is 0.497 e. The Balaban J connectivity index is 1.95. The van der Waals surface area contributed by atoms with Crippen LogP contribution in [0.3, 0.4) is 0 Å². The quantitative estimate of drug-likeness (QED) is 0.399. The van der Waals surface area contributed by atoms with Gasteiger partial charge in [0.05, 0.1) is 32.4 Å². The molecule has 0 fully saturated rings. The number of halogens is 1. The Labute approximate surface area is 187 Å². The number of aliphatic hydroxyl groups is 1. The second-order valence-corrected chi connectivity index (χ2v) is 7.59. The smallest absolute Gasteiger partial charge is 0.225 e. The molecule has 0 radical (unpaired) electrons. The average Bonchev–Trinajstić information content (AvgIpc) is 2.77. The molecule has 8 nitrogen and oxygen atoms in total. The highest BCUT2D eigenvalue weighted by molar-refractivity contribution is 6.30. The molecule has 0 aliphatic carbocycles. The van der Waals surface area contributed by atoms with Gasteiger partial charge in [-0.1, -0.05) is 24.9 Å². The average molecular weight is 446 g/mol. The first kappa shape index (κ1) is 22.8. The Bertz CT molecular complexity index is 1050. The topological polar surface area (TPSA) is 101 Å². The Hall–Kier alpha value is -2.84. The lowest BCUT2D eigenvalue weighted by Gasteiger charge is -2.18. The first-order valence-electron chi connectivity index (χ1n) is 10.2. The summed E-state index contributed by atoms with van der Waals surface area (Å²) in [7, 11) is 3.24. The van der Waals surface area contributed by atoms with E-state index in [0.717, 1.165) is 29.7 Å². The Morgan fingerprint density at radius 1 is 1.10 bits per heavy atom. The number of nitrogens with one attached hydrogen (secondary N) is 2. The van der Waals surface area contributed by atoms with Crippen molar-refractivity contribution in [3.63, 3.8) is 0 Å². The molecule has 0 amide bonds. The highest BCUT2D eigenvalue weighted by atomic mass is 35.5. The van der Waals surface area contributed by atoms with Crippen molar-refractivity contribution in [1.29, 1.82) is 0 Å². The summed E-state index contributed by atoms with van der Waals surface area (Å²) in [6, 6.07) is 7.27. The molecule has 9 heteroatoms. The van der Waals surface area contributed by atoms with Crippen LogP contribution in [0.2, 0.25) is 5.15 Å². The van der Waals surface area contributed by atoms with Gasteiger partial charge >= 0.3 is 0 Å². The van der Waals surface area contributed by atoms with Gasteiger partial charge in [0.2, 0.25) is 5.95 Å². The maximum Gasteiger partial charge on any atom is 0.225 e. The third-order valence-electron chi connectivity index (χ3n) is 4.94. The first-order chi connectivity index (χ1) is 15.0. The molecule has 3 aromatic rings. The van der Waals surface area contributed by atoms with E-state index in [1.54, 1.807) is 20.3 Å². The van der Waals surface area contributed by atoms with E-state index in [9.17, 15) is 5.11 Å². The van der Waals surface area contributed by atoms with E-state index in [1.165, 1.54) is 0 Å². The van der Waals surface area contributed by atoms with Gasteiger partial charge in [-0.3, -0.25) is 0 Å². The Kier molecular flexibility index (Phi) is 7.70. The van der Waals surface area contributed by atoms with Crippen molar-refractivity contribution in [3.8, 4) is 11.5 Å². The van der Waals surface area contributed by atoms with E-state index in [0.29, 0.717) is 40.2 Å². The van der Waals surface area contributed by atoms with Crippen LogP contribution in [-0.2, 0) is 6.54 Å². The number of aryl methyl sites for hydroxylation is 1. The van der Waals surface area contributed by atoms with Crippen LogP contribution in [0.15, 0.2) is 24.3 Å². The SMILES string of the molecule is CCC[C@@H](CO)Nc1nc(NCc2ccc(OC)cc2OC)nc2c(C)cc(Cl)nc12. The molecule has 0 aliphatic rings. The Morgan fingerprint density at radius 2 is 1.90 bits per heavy atom. The van der Waals surface area contributed by atoms with Gasteiger partial charge in [-0.2, -0.15) is 4.98 Å². The number of ether oxygens (including phenoxy) is 2. The fourth-order valence-corrected chi connectivity index (χ4v) is 3.57. The van der Waals surface area contributed by atoms with E-state index < -0.39 is 0 Å². The van der Waals surface area contributed by atoms with Crippen LogP contribution < -0.4 is 20.1 Å². The number of methoxy groups -OCH3 is 2. The van der Waals surface area contributed by atoms with Gasteiger partial charge in [0.25, 0.3) is 0 Å². The molecule has 166 valence electrons. The maximum atomic E-state index is 9.73. The summed E-state index contributed by atoms with van der Waals surface area (Å²) in [5.41, 5.74) is 3.10. The van der Waals surface area contributed by atoms with Gasteiger partial charge in [-0.25, -0.2) is 9.97 Å².